The molecule has 0 aromatic carbocycles. The third kappa shape index (κ3) is 0.951. The highest BCUT2D eigenvalue weighted by molar-refractivity contribution is 5.04. The fourth-order valence-electron chi connectivity index (χ4n) is 1.99. The van der Waals surface area contributed by atoms with Crippen LogP contribution in [0.5, 0.6) is 0 Å². The second-order valence-electron chi connectivity index (χ2n) is 3.42. The van der Waals surface area contributed by atoms with Gasteiger partial charge in [0.15, 0.2) is 0 Å². The van der Waals surface area contributed by atoms with E-state index in [2.05, 4.69) is 5.43 Å². The summed E-state index contributed by atoms with van der Waals surface area (Å²) in [4.78, 5) is 12.3. The molecule has 11 heavy (non-hydrogen) atoms. The summed E-state index contributed by atoms with van der Waals surface area (Å²) < 4.78 is 0. The smallest absolute Gasteiger partial charge is 0.127 e. The minimum Gasteiger partial charge on any atom is -0.127 e. The Morgan fingerprint density at radius 3 is 2.55 bits per heavy atom. The van der Waals surface area contributed by atoms with Gasteiger partial charge in [-0.1, -0.05) is 6.42 Å². The van der Waals surface area contributed by atoms with Crippen LogP contribution in [0, 0.1) is 4.91 Å². The highest BCUT2D eigenvalue weighted by atomic mass is 16.3. The van der Waals surface area contributed by atoms with Gasteiger partial charge in [0.1, 0.15) is 4.87 Å². The number of nitroso groups, excluding NO2 is 1. The summed E-state index contributed by atoms with van der Waals surface area (Å²) in [5, 5.41) is 0. The first kappa shape index (κ1) is 6.83. The van der Waals surface area contributed by atoms with Crippen LogP contribution in [0.3, 0.4) is 0 Å². The average Bonchev–Trinajstić information content (AvgIpc) is 2.36. The lowest BCUT2D eigenvalue weighted by molar-refractivity contribution is -0.652. The Morgan fingerprint density at radius 1 is 1.27 bits per heavy atom. The Hall–Kier alpha value is -0.860. The van der Waals surface area contributed by atoms with Crippen molar-refractivity contribution in [2.75, 3.05) is 0 Å². The molecule has 1 fully saturated rings. The van der Waals surface area contributed by atoms with Gasteiger partial charge >= 0.3 is 0 Å². The van der Waals surface area contributed by atoms with E-state index < -0.39 is 0 Å². The molecule has 60 valence electrons. The lowest BCUT2D eigenvalue weighted by atomic mass is 9.83. The zero-order valence-electron chi connectivity index (χ0n) is 6.55. The van der Waals surface area contributed by atoms with Gasteiger partial charge in [-0.25, -0.2) is 0 Å². The van der Waals surface area contributed by atoms with E-state index in [1.54, 1.807) is 6.20 Å². The van der Waals surface area contributed by atoms with E-state index in [-0.39, 0.29) is 5.54 Å². The van der Waals surface area contributed by atoms with Gasteiger partial charge < -0.3 is 0 Å². The second kappa shape index (κ2) is 2.32. The Morgan fingerprint density at radius 2 is 2.00 bits per heavy atom. The summed E-state index contributed by atoms with van der Waals surface area (Å²) in [7, 11) is 0. The summed E-state index contributed by atoms with van der Waals surface area (Å²) >= 11 is 0. The van der Waals surface area contributed by atoms with Gasteiger partial charge in [-0.15, -0.1) is 5.43 Å². The molecule has 1 heterocycles. The molecule has 2 aliphatic rings. The number of hydrazine groups is 1. The lowest BCUT2D eigenvalue weighted by Gasteiger charge is -2.21. The molecule has 1 aliphatic heterocycles. The number of hydrogen-bond acceptors (Lipinski definition) is 1. The Bertz CT molecular complexity index is 204. The van der Waals surface area contributed by atoms with E-state index in [0.717, 1.165) is 17.7 Å². The van der Waals surface area contributed by atoms with Crippen LogP contribution in [0.4, 0.5) is 0 Å². The molecule has 1 saturated carbocycles. The normalized spacial score (nSPS) is 27.5. The van der Waals surface area contributed by atoms with Crippen molar-refractivity contribution in [2.24, 2.45) is 0 Å². The lowest BCUT2D eigenvalue weighted by Crippen LogP contribution is -2.41. The molecule has 1 spiro atoms. The predicted octanol–water partition coefficient (Wildman–Crippen LogP) is 1.50. The molecule has 1 N–H and O–H groups in total. The molecule has 0 radical (unpaired) electrons. The van der Waals surface area contributed by atoms with Crippen molar-refractivity contribution in [3.05, 3.63) is 17.2 Å². The van der Waals surface area contributed by atoms with Crippen LogP contribution < -0.4 is 5.43 Å². The van der Waals surface area contributed by atoms with Crippen LogP contribution in [0.15, 0.2) is 12.3 Å². The topological polar surface area (TPSA) is 32.1 Å². The van der Waals surface area contributed by atoms with E-state index in [0.29, 0.717) is 0 Å². The van der Waals surface area contributed by atoms with E-state index in [9.17, 15) is 4.91 Å². The van der Waals surface area contributed by atoms with Gasteiger partial charge in [0.2, 0.25) is 0 Å². The molecule has 0 bridgehead atoms. The number of hydrogen-bond donors (Lipinski definition) is 1. The molecule has 0 aromatic rings. The molecule has 0 amide bonds. The zero-order valence-corrected chi connectivity index (χ0v) is 6.55. The first-order valence-corrected chi connectivity index (χ1v) is 4.25. The van der Waals surface area contributed by atoms with Gasteiger partial charge in [0.05, 0.1) is 11.1 Å². The van der Waals surface area contributed by atoms with Crippen molar-refractivity contribution in [3.8, 4) is 0 Å². The van der Waals surface area contributed by atoms with E-state index in [1.165, 1.54) is 19.3 Å². The van der Waals surface area contributed by atoms with Crippen LogP contribution in [0.25, 0.3) is 0 Å². The van der Waals surface area contributed by atoms with Crippen LogP contribution in [-0.4, -0.2) is 10.4 Å². The minimum atomic E-state index is -0.182. The fraction of sp³-hybridized carbons (Fsp3) is 0.750. The third-order valence-electron chi connectivity index (χ3n) is 2.71. The second-order valence-corrected chi connectivity index (χ2v) is 3.42. The first-order valence-electron chi connectivity index (χ1n) is 4.25. The summed E-state index contributed by atoms with van der Waals surface area (Å²) in [5.41, 5.74) is 2.49. The average molecular weight is 153 g/mol. The number of nitrogens with one attached hydrogen (secondary N) is 1. The van der Waals surface area contributed by atoms with Gasteiger partial charge in [0, 0.05) is 18.9 Å². The minimum absolute atomic E-state index is 0.182. The van der Waals surface area contributed by atoms with E-state index in [4.69, 9.17) is 0 Å². The summed E-state index contributed by atoms with van der Waals surface area (Å²) in [6.07, 6.45) is 9.45. The van der Waals surface area contributed by atoms with Crippen LogP contribution >= 0.6 is 0 Å². The number of nitrogens with zero attached hydrogens (tertiary/aromatic N) is 1. The molecular formula is C8H13N2O+. The molecule has 0 atom stereocenters. The van der Waals surface area contributed by atoms with Gasteiger partial charge in [-0.3, -0.25) is 0 Å². The highest BCUT2D eigenvalue weighted by Gasteiger charge is 2.47. The summed E-state index contributed by atoms with van der Waals surface area (Å²) in [5.74, 6) is 0. The van der Waals surface area contributed by atoms with Crippen molar-refractivity contribution in [1.29, 1.82) is 0 Å². The molecule has 3 heteroatoms. The maximum Gasteiger partial charge on any atom is 0.263 e. The molecule has 2 rings (SSSR count). The first-order chi connectivity index (χ1) is 5.33. The Labute approximate surface area is 66.0 Å². The standard InChI is InChI=1S/C8H13N2O/c11-10-8(6-7-9-10)4-2-1-3-5-8/h6-7H,1-5H2,(H,9,11)/q+1. The maximum atomic E-state index is 11.3. The maximum absolute atomic E-state index is 11.3. The molecule has 0 unspecified atom stereocenters. The summed E-state index contributed by atoms with van der Waals surface area (Å²) in [6.45, 7) is 0. The SMILES string of the molecule is O=[N+]1NC=CC12CCCCC2. The third-order valence-corrected chi connectivity index (χ3v) is 2.71. The highest BCUT2D eigenvalue weighted by Crippen LogP contribution is 2.33. The van der Waals surface area contributed by atoms with Crippen molar-refractivity contribution in [1.82, 2.24) is 5.43 Å². The molecule has 1 aliphatic carbocycles. The van der Waals surface area contributed by atoms with Gasteiger partial charge in [-0.05, 0) is 12.8 Å². The number of rotatable bonds is 0. The quantitative estimate of drug-likeness (QED) is 0.535. The molecule has 0 saturated heterocycles. The van der Waals surface area contributed by atoms with Crippen molar-refractivity contribution in [2.45, 2.75) is 37.6 Å². The molecule has 3 nitrogen and oxygen atoms in total. The molecule has 0 aromatic heterocycles. The fourth-order valence-corrected chi connectivity index (χ4v) is 1.99. The van der Waals surface area contributed by atoms with Crippen LogP contribution in [0.1, 0.15) is 32.1 Å². The monoisotopic (exact) mass is 153 g/mol. The van der Waals surface area contributed by atoms with Gasteiger partial charge in [-0.2, -0.15) is 0 Å². The van der Waals surface area contributed by atoms with E-state index in [1.807, 2.05) is 6.08 Å². The largest absolute Gasteiger partial charge is 0.263 e. The van der Waals surface area contributed by atoms with Crippen molar-refractivity contribution < 1.29 is 4.87 Å². The van der Waals surface area contributed by atoms with Gasteiger partial charge in [0.25, 0.3) is 5.54 Å². The molecular weight excluding hydrogens is 140 g/mol. The van der Waals surface area contributed by atoms with Crippen LogP contribution in [-0.2, 0) is 0 Å². The predicted molar refractivity (Wildman–Crippen MR) is 41.7 cm³/mol. The van der Waals surface area contributed by atoms with Crippen molar-refractivity contribution in [3.63, 3.8) is 0 Å². The zero-order chi connectivity index (χ0) is 7.73. The van der Waals surface area contributed by atoms with Crippen molar-refractivity contribution >= 4 is 0 Å². The van der Waals surface area contributed by atoms with Crippen LogP contribution in [0.2, 0.25) is 0 Å². The van der Waals surface area contributed by atoms with E-state index >= 15 is 0 Å². The summed E-state index contributed by atoms with van der Waals surface area (Å²) in [6, 6.07) is 0. The Balaban J connectivity index is 2.18. The Kier molecular flexibility index (Phi) is 1.44.